The van der Waals surface area contributed by atoms with Crippen molar-refractivity contribution in [3.05, 3.63) is 46.2 Å². The summed E-state index contributed by atoms with van der Waals surface area (Å²) in [6.07, 6.45) is 1.87. The normalized spacial score (nSPS) is 10.8. The van der Waals surface area contributed by atoms with E-state index in [1.807, 2.05) is 6.07 Å². The number of thiazole rings is 1. The van der Waals surface area contributed by atoms with Crippen LogP contribution >= 0.6 is 34.7 Å². The number of nitrogens with zero attached hydrogens (tertiary/aromatic N) is 1. The molecule has 96 valence electrons. The van der Waals surface area contributed by atoms with E-state index in [-0.39, 0.29) is 5.82 Å². The van der Waals surface area contributed by atoms with Crippen LogP contribution in [0.1, 0.15) is 17.1 Å². The third-order valence-electron chi connectivity index (χ3n) is 2.35. The third kappa shape index (κ3) is 3.97. The molecule has 0 aliphatic carbocycles. The van der Waals surface area contributed by atoms with E-state index in [2.05, 4.69) is 10.4 Å². The van der Waals surface area contributed by atoms with Crippen molar-refractivity contribution in [2.75, 3.05) is 5.88 Å². The van der Waals surface area contributed by atoms with E-state index >= 15 is 0 Å². The molecule has 0 N–H and O–H groups in total. The molecule has 0 saturated heterocycles. The van der Waals surface area contributed by atoms with Gasteiger partial charge in [-0.1, -0.05) is 12.1 Å². The van der Waals surface area contributed by atoms with Crippen LogP contribution in [0.4, 0.5) is 4.39 Å². The molecule has 1 aromatic heterocycles. The van der Waals surface area contributed by atoms with Crippen LogP contribution in [0, 0.1) is 5.82 Å². The summed E-state index contributed by atoms with van der Waals surface area (Å²) in [6, 6.07) is 6.82. The molecule has 1 nitrogen and oxygen atoms in total. The first kappa shape index (κ1) is 13.8. The quantitative estimate of drug-likeness (QED) is 0.564. The zero-order chi connectivity index (χ0) is 12.8. The minimum absolute atomic E-state index is 0.165. The molecule has 0 spiro atoms. The summed E-state index contributed by atoms with van der Waals surface area (Å²) in [6.45, 7) is 0. The van der Waals surface area contributed by atoms with Gasteiger partial charge in [0.05, 0.1) is 11.4 Å². The maximum Gasteiger partial charge on any atom is 0.136 e. The van der Waals surface area contributed by atoms with E-state index in [9.17, 15) is 4.39 Å². The van der Waals surface area contributed by atoms with Crippen molar-refractivity contribution in [1.29, 1.82) is 0 Å². The molecule has 0 amide bonds. The van der Waals surface area contributed by atoms with Crippen LogP contribution in [0.3, 0.4) is 0 Å². The lowest BCUT2D eigenvalue weighted by Crippen LogP contribution is -1.88. The molecule has 2 rings (SSSR count). The Hall–Kier alpha value is -0.580. The van der Waals surface area contributed by atoms with Crippen LogP contribution in [0.15, 0.2) is 34.5 Å². The summed E-state index contributed by atoms with van der Waals surface area (Å²) in [5.41, 5.74) is 1.09. The predicted molar refractivity (Wildman–Crippen MR) is 77.1 cm³/mol. The lowest BCUT2D eigenvalue weighted by Gasteiger charge is -2.00. The second-order valence-electron chi connectivity index (χ2n) is 3.74. The van der Waals surface area contributed by atoms with E-state index in [1.165, 1.54) is 17.8 Å². The number of thioether (sulfide) groups is 1. The maximum atomic E-state index is 13.4. The molecule has 0 fully saturated rings. The van der Waals surface area contributed by atoms with Gasteiger partial charge in [-0.3, -0.25) is 0 Å². The van der Waals surface area contributed by atoms with Gasteiger partial charge < -0.3 is 0 Å². The topological polar surface area (TPSA) is 12.9 Å². The lowest BCUT2D eigenvalue weighted by molar-refractivity contribution is 0.602. The molecule has 5 heteroatoms. The van der Waals surface area contributed by atoms with Crippen LogP contribution in [0.25, 0.3) is 0 Å². The van der Waals surface area contributed by atoms with Crippen LogP contribution in [0.5, 0.6) is 0 Å². The van der Waals surface area contributed by atoms with Gasteiger partial charge in [0.1, 0.15) is 10.8 Å². The van der Waals surface area contributed by atoms with E-state index in [0.717, 1.165) is 23.5 Å². The first-order valence-corrected chi connectivity index (χ1v) is 8.06. The summed E-state index contributed by atoms with van der Waals surface area (Å²) in [5, 5.41) is 3.09. The summed E-state index contributed by atoms with van der Waals surface area (Å²) in [7, 11) is 0. The molecule has 0 unspecified atom stereocenters. The summed E-state index contributed by atoms with van der Waals surface area (Å²) in [4.78, 5) is 5.19. The van der Waals surface area contributed by atoms with Crippen molar-refractivity contribution in [1.82, 2.24) is 4.98 Å². The van der Waals surface area contributed by atoms with Crippen LogP contribution in [-0.4, -0.2) is 10.9 Å². The fraction of sp³-hybridized carbons (Fsp3) is 0.308. The Bertz CT molecular complexity index is 501. The van der Waals surface area contributed by atoms with Gasteiger partial charge in [-0.2, -0.15) is 0 Å². The van der Waals surface area contributed by atoms with Crippen molar-refractivity contribution in [3.8, 4) is 0 Å². The Balaban J connectivity index is 1.90. The number of aromatic nitrogens is 1. The van der Waals surface area contributed by atoms with E-state index < -0.39 is 0 Å². The number of hydrogen-bond acceptors (Lipinski definition) is 3. The second kappa shape index (κ2) is 7.12. The number of aryl methyl sites for hydroxylation is 1. The highest BCUT2D eigenvalue weighted by atomic mass is 35.5. The number of rotatable bonds is 6. The highest BCUT2D eigenvalue weighted by Gasteiger charge is 2.05. The maximum absolute atomic E-state index is 13.4. The standard InChI is InChI=1S/C13H13ClFNS2/c14-7-3-4-10-8-18-13(16-10)9-17-12-6-2-1-5-11(12)15/h1-2,5-6,8H,3-4,7,9H2. The Morgan fingerprint density at radius 1 is 1.33 bits per heavy atom. The SMILES string of the molecule is Fc1ccccc1SCc1nc(CCCCl)cs1. The average Bonchev–Trinajstić information content (AvgIpc) is 2.83. The average molecular weight is 302 g/mol. The van der Waals surface area contributed by atoms with Gasteiger partial charge in [0, 0.05) is 16.2 Å². The molecule has 18 heavy (non-hydrogen) atoms. The molecule has 2 aromatic rings. The van der Waals surface area contributed by atoms with Gasteiger partial charge in [-0.05, 0) is 25.0 Å². The first-order chi connectivity index (χ1) is 8.79. The highest BCUT2D eigenvalue weighted by molar-refractivity contribution is 7.98. The largest absolute Gasteiger partial charge is 0.245 e. The van der Waals surface area contributed by atoms with Gasteiger partial charge in [0.25, 0.3) is 0 Å². The monoisotopic (exact) mass is 301 g/mol. The molecule has 1 aromatic carbocycles. The molecule has 0 radical (unpaired) electrons. The summed E-state index contributed by atoms with van der Waals surface area (Å²) >= 11 is 8.76. The van der Waals surface area contributed by atoms with Crippen molar-refractivity contribution in [2.45, 2.75) is 23.5 Å². The fourth-order valence-corrected chi connectivity index (χ4v) is 3.40. The molecule has 0 aliphatic heterocycles. The minimum atomic E-state index is -0.165. The molecule has 0 bridgehead atoms. The van der Waals surface area contributed by atoms with Crippen molar-refractivity contribution >= 4 is 34.7 Å². The van der Waals surface area contributed by atoms with Crippen LogP contribution in [0.2, 0.25) is 0 Å². The Kier molecular flexibility index (Phi) is 5.47. The van der Waals surface area contributed by atoms with Crippen LogP contribution in [-0.2, 0) is 12.2 Å². The fourth-order valence-electron chi connectivity index (χ4n) is 1.48. The van der Waals surface area contributed by atoms with Crippen molar-refractivity contribution in [2.24, 2.45) is 0 Å². The van der Waals surface area contributed by atoms with E-state index in [0.29, 0.717) is 16.5 Å². The predicted octanol–water partition coefficient (Wildman–Crippen LogP) is 4.75. The molecule has 0 atom stereocenters. The van der Waals surface area contributed by atoms with Gasteiger partial charge in [-0.25, -0.2) is 9.37 Å². The summed E-state index contributed by atoms with van der Waals surface area (Å²) < 4.78 is 13.4. The second-order valence-corrected chi connectivity index (χ2v) is 6.08. The van der Waals surface area contributed by atoms with Crippen molar-refractivity contribution < 1.29 is 4.39 Å². The first-order valence-electron chi connectivity index (χ1n) is 5.66. The number of hydrogen-bond donors (Lipinski definition) is 0. The smallest absolute Gasteiger partial charge is 0.136 e. The highest BCUT2D eigenvalue weighted by Crippen LogP contribution is 2.26. The van der Waals surface area contributed by atoms with E-state index in [4.69, 9.17) is 11.6 Å². The Morgan fingerprint density at radius 3 is 2.94 bits per heavy atom. The Labute approximate surface area is 119 Å². The minimum Gasteiger partial charge on any atom is -0.245 e. The number of benzene rings is 1. The summed E-state index contributed by atoms with van der Waals surface area (Å²) in [5.74, 6) is 1.21. The lowest BCUT2D eigenvalue weighted by atomic mass is 10.3. The van der Waals surface area contributed by atoms with Crippen molar-refractivity contribution in [3.63, 3.8) is 0 Å². The third-order valence-corrected chi connectivity index (χ3v) is 4.76. The van der Waals surface area contributed by atoms with E-state index in [1.54, 1.807) is 23.5 Å². The Morgan fingerprint density at radius 2 is 2.17 bits per heavy atom. The van der Waals surface area contributed by atoms with Gasteiger partial charge >= 0.3 is 0 Å². The zero-order valence-electron chi connectivity index (χ0n) is 9.73. The molecule has 1 heterocycles. The molecule has 0 saturated carbocycles. The molecular weight excluding hydrogens is 289 g/mol. The van der Waals surface area contributed by atoms with Gasteiger partial charge in [0.2, 0.25) is 0 Å². The zero-order valence-corrected chi connectivity index (χ0v) is 12.1. The van der Waals surface area contributed by atoms with Gasteiger partial charge in [0.15, 0.2) is 0 Å². The van der Waals surface area contributed by atoms with Gasteiger partial charge in [-0.15, -0.1) is 34.7 Å². The van der Waals surface area contributed by atoms with Crippen LogP contribution < -0.4 is 0 Å². The number of halogens is 2. The molecule has 0 aliphatic rings. The molecular formula is C13H13ClFNS2. The number of alkyl halides is 1.